The lowest BCUT2D eigenvalue weighted by Crippen LogP contribution is -3.00. The molecular weight excluding hydrogens is 443 g/mol. The summed E-state index contributed by atoms with van der Waals surface area (Å²) in [5, 5.41) is 0. The van der Waals surface area contributed by atoms with Gasteiger partial charge in [0, 0.05) is 37.1 Å². The Kier molecular flexibility index (Phi) is 6.11. The van der Waals surface area contributed by atoms with Gasteiger partial charge in [0.15, 0.2) is 6.21 Å². The fourth-order valence-electron chi connectivity index (χ4n) is 3.48. The molecule has 0 atom stereocenters. The lowest BCUT2D eigenvalue weighted by Gasteiger charge is -2.15. The standard InChI is InChI=1S/C24H23N2.HI/c1-25(21-10-4-3-5-11-21)15-8-16-26(2)22-13-14-24-20(18-22)17-19-9-6-7-12-23(19)24;/h3-16,18H,17H2,1-2H3;1H/q+1;/p-1. The summed E-state index contributed by atoms with van der Waals surface area (Å²) in [6.45, 7) is 0. The van der Waals surface area contributed by atoms with Crippen molar-refractivity contribution in [2.75, 3.05) is 19.0 Å². The van der Waals surface area contributed by atoms with Gasteiger partial charge in [-0.05, 0) is 40.8 Å². The minimum Gasteiger partial charge on any atom is -1.00 e. The summed E-state index contributed by atoms with van der Waals surface area (Å²) in [5.41, 5.74) is 7.98. The van der Waals surface area contributed by atoms with E-state index < -0.39 is 0 Å². The second-order valence-electron chi connectivity index (χ2n) is 6.72. The van der Waals surface area contributed by atoms with Crippen LogP contribution in [0, 0.1) is 0 Å². The summed E-state index contributed by atoms with van der Waals surface area (Å²) in [6, 6.07) is 25.8. The van der Waals surface area contributed by atoms with E-state index in [-0.39, 0.29) is 24.0 Å². The molecule has 3 aromatic carbocycles. The van der Waals surface area contributed by atoms with Crippen LogP contribution in [0.2, 0.25) is 0 Å². The van der Waals surface area contributed by atoms with Crippen LogP contribution in [0.15, 0.2) is 85.1 Å². The third-order valence-electron chi connectivity index (χ3n) is 4.97. The summed E-state index contributed by atoms with van der Waals surface area (Å²) in [6.07, 6.45) is 7.28. The van der Waals surface area contributed by atoms with E-state index in [4.69, 9.17) is 0 Å². The number of benzene rings is 3. The first-order valence-corrected chi connectivity index (χ1v) is 8.96. The van der Waals surface area contributed by atoms with Gasteiger partial charge in [0.05, 0.1) is 0 Å². The smallest absolute Gasteiger partial charge is 0.204 e. The van der Waals surface area contributed by atoms with E-state index >= 15 is 0 Å². The van der Waals surface area contributed by atoms with Gasteiger partial charge in [0.1, 0.15) is 7.05 Å². The van der Waals surface area contributed by atoms with E-state index in [1.54, 1.807) is 0 Å². The van der Waals surface area contributed by atoms with Crippen LogP contribution in [-0.4, -0.2) is 24.9 Å². The van der Waals surface area contributed by atoms with Crippen molar-refractivity contribution in [2.45, 2.75) is 6.42 Å². The molecule has 0 heterocycles. The maximum atomic E-state index is 2.31. The predicted molar refractivity (Wildman–Crippen MR) is 111 cm³/mol. The Morgan fingerprint density at radius 1 is 0.852 bits per heavy atom. The SMILES string of the molecule is CN(/C=C\C=[N+](C)c1ccccc1)c1ccc2c(c1)Cc1ccccc1-2.[I-]. The van der Waals surface area contributed by atoms with E-state index in [0.717, 1.165) is 6.42 Å². The van der Waals surface area contributed by atoms with Gasteiger partial charge in [-0.3, -0.25) is 0 Å². The maximum Gasteiger partial charge on any atom is 0.204 e. The molecule has 3 aromatic rings. The van der Waals surface area contributed by atoms with Crippen LogP contribution >= 0.6 is 0 Å². The summed E-state index contributed by atoms with van der Waals surface area (Å²) in [7, 11) is 4.16. The molecule has 0 radical (unpaired) electrons. The highest BCUT2D eigenvalue weighted by molar-refractivity contribution is 5.79. The van der Waals surface area contributed by atoms with E-state index in [9.17, 15) is 0 Å². The maximum absolute atomic E-state index is 2.31. The van der Waals surface area contributed by atoms with Crippen molar-refractivity contribution in [2.24, 2.45) is 0 Å². The molecule has 0 amide bonds. The largest absolute Gasteiger partial charge is 1.00 e. The molecule has 0 spiro atoms. The normalized spacial score (nSPS) is 12.4. The van der Waals surface area contributed by atoms with E-state index in [1.807, 2.05) is 6.07 Å². The zero-order valence-corrected chi connectivity index (χ0v) is 17.8. The number of allylic oxidation sites excluding steroid dienone is 1. The van der Waals surface area contributed by atoms with Gasteiger partial charge in [-0.2, -0.15) is 0 Å². The summed E-state index contributed by atoms with van der Waals surface area (Å²) < 4.78 is 2.11. The molecule has 0 bridgehead atoms. The summed E-state index contributed by atoms with van der Waals surface area (Å²) in [4.78, 5) is 2.17. The third kappa shape index (κ3) is 4.14. The van der Waals surface area contributed by atoms with Gasteiger partial charge in [-0.25, -0.2) is 4.58 Å². The Bertz CT molecular complexity index is 990. The molecule has 0 unspecified atom stereocenters. The van der Waals surface area contributed by atoms with Crippen molar-refractivity contribution in [3.05, 3.63) is 96.2 Å². The van der Waals surface area contributed by atoms with Crippen LogP contribution in [-0.2, 0) is 6.42 Å². The van der Waals surface area contributed by atoms with Gasteiger partial charge in [-0.1, -0.05) is 48.5 Å². The van der Waals surface area contributed by atoms with Crippen molar-refractivity contribution < 1.29 is 28.6 Å². The molecule has 3 heteroatoms. The van der Waals surface area contributed by atoms with E-state index in [0.29, 0.717) is 0 Å². The fraction of sp³-hybridized carbons (Fsp3) is 0.125. The highest BCUT2D eigenvalue weighted by atomic mass is 127. The van der Waals surface area contributed by atoms with E-state index in [1.165, 1.54) is 33.6 Å². The number of hydrogen-bond donors (Lipinski definition) is 0. The zero-order chi connectivity index (χ0) is 17.9. The molecule has 0 fully saturated rings. The molecule has 2 nitrogen and oxygen atoms in total. The Morgan fingerprint density at radius 3 is 2.37 bits per heavy atom. The summed E-state index contributed by atoms with van der Waals surface area (Å²) >= 11 is 0. The van der Waals surface area contributed by atoms with Crippen LogP contribution in [0.3, 0.4) is 0 Å². The molecule has 0 saturated carbocycles. The van der Waals surface area contributed by atoms with Crippen molar-refractivity contribution in [1.82, 2.24) is 0 Å². The average Bonchev–Trinajstić information content (AvgIpc) is 3.06. The molecule has 27 heavy (non-hydrogen) atoms. The van der Waals surface area contributed by atoms with Crippen LogP contribution in [0.4, 0.5) is 11.4 Å². The quantitative estimate of drug-likeness (QED) is 0.254. The van der Waals surface area contributed by atoms with Gasteiger partial charge >= 0.3 is 0 Å². The van der Waals surface area contributed by atoms with Crippen molar-refractivity contribution in [1.29, 1.82) is 0 Å². The minimum atomic E-state index is 0. The first kappa shape index (κ1) is 19.4. The molecule has 0 aromatic heterocycles. The monoisotopic (exact) mass is 466 g/mol. The molecule has 1 aliphatic carbocycles. The molecule has 0 N–H and O–H groups in total. The van der Waals surface area contributed by atoms with E-state index in [2.05, 4.69) is 109 Å². The molecule has 1 aliphatic rings. The highest BCUT2D eigenvalue weighted by Gasteiger charge is 2.18. The Hall–Kier alpha value is -2.40. The van der Waals surface area contributed by atoms with Crippen molar-refractivity contribution in [3.63, 3.8) is 0 Å². The average molecular weight is 466 g/mol. The molecule has 136 valence electrons. The second kappa shape index (κ2) is 8.53. The number of para-hydroxylation sites is 1. The topological polar surface area (TPSA) is 6.25 Å². The first-order valence-electron chi connectivity index (χ1n) is 8.96. The van der Waals surface area contributed by atoms with Gasteiger partial charge in [-0.15, -0.1) is 0 Å². The van der Waals surface area contributed by atoms with Crippen LogP contribution in [0.1, 0.15) is 11.1 Å². The molecule has 0 saturated heterocycles. The van der Waals surface area contributed by atoms with Crippen LogP contribution < -0.4 is 28.9 Å². The Morgan fingerprint density at radius 2 is 1.56 bits per heavy atom. The Balaban J connectivity index is 0.00000210. The lowest BCUT2D eigenvalue weighted by molar-refractivity contribution is -0.398. The van der Waals surface area contributed by atoms with Gasteiger partial charge in [0.2, 0.25) is 5.69 Å². The first-order chi connectivity index (χ1) is 12.7. The van der Waals surface area contributed by atoms with Crippen molar-refractivity contribution in [3.8, 4) is 11.1 Å². The predicted octanol–water partition coefficient (Wildman–Crippen LogP) is 2.26. The summed E-state index contributed by atoms with van der Waals surface area (Å²) in [5.74, 6) is 0. The number of fused-ring (bicyclic) bond motifs is 3. The lowest BCUT2D eigenvalue weighted by atomic mass is 10.1. The third-order valence-corrected chi connectivity index (χ3v) is 4.97. The van der Waals surface area contributed by atoms with Gasteiger partial charge in [0.25, 0.3) is 0 Å². The zero-order valence-electron chi connectivity index (χ0n) is 15.6. The number of nitrogens with zero attached hydrogens (tertiary/aromatic N) is 2. The molecular formula is C24H23IN2. The molecule has 4 rings (SSSR count). The van der Waals surface area contributed by atoms with Crippen LogP contribution in [0.5, 0.6) is 0 Å². The number of halogens is 1. The number of rotatable bonds is 4. The number of hydrogen-bond acceptors (Lipinski definition) is 1. The fourth-order valence-corrected chi connectivity index (χ4v) is 3.48. The Labute approximate surface area is 178 Å². The number of anilines is 1. The minimum absolute atomic E-state index is 0. The highest BCUT2D eigenvalue weighted by Crippen LogP contribution is 2.38. The molecule has 0 aliphatic heterocycles. The van der Waals surface area contributed by atoms with Crippen molar-refractivity contribution >= 4 is 17.6 Å². The second-order valence-corrected chi connectivity index (χ2v) is 6.72. The van der Waals surface area contributed by atoms with Gasteiger partial charge < -0.3 is 28.9 Å². The van der Waals surface area contributed by atoms with Crippen LogP contribution in [0.25, 0.3) is 11.1 Å².